The molecule has 7 heteroatoms. The van der Waals surface area contributed by atoms with Crippen LogP contribution in [0, 0.1) is 0 Å². The number of hydrogen-bond donors (Lipinski definition) is 2. The molecule has 2 N–H and O–H groups in total. The minimum Gasteiger partial charge on any atom is -0.497 e. The Morgan fingerprint density at radius 1 is 1.07 bits per heavy atom. The molecule has 0 radical (unpaired) electrons. The summed E-state index contributed by atoms with van der Waals surface area (Å²) >= 11 is 12.1. The first-order valence-corrected chi connectivity index (χ1v) is 9.42. The summed E-state index contributed by atoms with van der Waals surface area (Å²) in [7, 11) is 1.62. The van der Waals surface area contributed by atoms with Gasteiger partial charge in [-0.2, -0.15) is 0 Å². The van der Waals surface area contributed by atoms with Crippen molar-refractivity contribution in [1.82, 2.24) is 10.6 Å². The fourth-order valence-corrected chi connectivity index (χ4v) is 3.05. The Morgan fingerprint density at radius 2 is 1.74 bits per heavy atom. The molecule has 0 saturated carbocycles. The number of benzene rings is 2. The Kier molecular flexibility index (Phi) is 8.23. The van der Waals surface area contributed by atoms with Gasteiger partial charge in [-0.3, -0.25) is 4.79 Å². The molecule has 2 atom stereocenters. The van der Waals surface area contributed by atoms with Crippen LogP contribution in [0.15, 0.2) is 42.5 Å². The maximum atomic E-state index is 12.3. The molecule has 0 bridgehead atoms. The van der Waals surface area contributed by atoms with E-state index in [0.717, 1.165) is 17.1 Å². The molecule has 0 saturated heterocycles. The fraction of sp³-hybridized carbons (Fsp3) is 0.350. The van der Waals surface area contributed by atoms with Crippen LogP contribution in [-0.4, -0.2) is 32.2 Å². The van der Waals surface area contributed by atoms with E-state index in [9.17, 15) is 4.79 Å². The number of methoxy groups -OCH3 is 1. The topological polar surface area (TPSA) is 59.6 Å². The summed E-state index contributed by atoms with van der Waals surface area (Å²) in [4.78, 5) is 12.3. The number of carbonyl (C=O) groups excluding carboxylic acids is 1. The van der Waals surface area contributed by atoms with Gasteiger partial charge in [0, 0.05) is 16.6 Å². The summed E-state index contributed by atoms with van der Waals surface area (Å²) in [5.41, 5.74) is 0.824. The normalized spacial score (nSPS) is 12.9. The van der Waals surface area contributed by atoms with Crippen LogP contribution in [0.2, 0.25) is 10.0 Å². The quantitative estimate of drug-likeness (QED) is 0.607. The highest BCUT2D eigenvalue weighted by Gasteiger charge is 2.17. The lowest BCUT2D eigenvalue weighted by Gasteiger charge is -2.20. The first-order chi connectivity index (χ1) is 12.9. The van der Waals surface area contributed by atoms with Crippen LogP contribution in [0.3, 0.4) is 0 Å². The van der Waals surface area contributed by atoms with Gasteiger partial charge in [-0.1, -0.05) is 29.3 Å². The molecular formula is C20H24Cl2N2O3. The van der Waals surface area contributed by atoms with Crippen molar-refractivity contribution in [1.29, 1.82) is 0 Å². The molecule has 0 fully saturated rings. The molecule has 27 heavy (non-hydrogen) atoms. The summed E-state index contributed by atoms with van der Waals surface area (Å²) in [5, 5.41) is 7.18. The second-order valence-electron chi connectivity index (χ2n) is 6.10. The predicted octanol–water partition coefficient (Wildman–Crippen LogP) is 4.24. The summed E-state index contributed by atoms with van der Waals surface area (Å²) in [6, 6.07) is 12.0. The van der Waals surface area contributed by atoms with Crippen molar-refractivity contribution in [3.05, 3.63) is 58.1 Å². The molecule has 0 heterocycles. The number of rotatable bonds is 9. The summed E-state index contributed by atoms with van der Waals surface area (Å²) in [6.07, 6.45) is 0. The van der Waals surface area contributed by atoms with Crippen LogP contribution in [0.1, 0.15) is 25.5 Å². The highest BCUT2D eigenvalue weighted by Crippen LogP contribution is 2.26. The van der Waals surface area contributed by atoms with Gasteiger partial charge in [0.25, 0.3) is 0 Å². The third kappa shape index (κ3) is 6.61. The Labute approximate surface area is 170 Å². The predicted molar refractivity (Wildman–Crippen MR) is 109 cm³/mol. The van der Waals surface area contributed by atoms with Gasteiger partial charge >= 0.3 is 0 Å². The van der Waals surface area contributed by atoms with Crippen molar-refractivity contribution in [2.45, 2.75) is 25.9 Å². The number of carbonyl (C=O) groups is 1. The first-order valence-electron chi connectivity index (χ1n) is 8.66. The van der Waals surface area contributed by atoms with E-state index in [1.54, 1.807) is 26.2 Å². The van der Waals surface area contributed by atoms with Gasteiger partial charge in [0.1, 0.15) is 18.1 Å². The van der Waals surface area contributed by atoms with Crippen LogP contribution in [0.5, 0.6) is 11.5 Å². The van der Waals surface area contributed by atoms with Gasteiger partial charge in [-0.25, -0.2) is 0 Å². The Bertz CT molecular complexity index is 753. The van der Waals surface area contributed by atoms with E-state index in [0.29, 0.717) is 23.2 Å². The van der Waals surface area contributed by atoms with E-state index in [4.69, 9.17) is 32.7 Å². The Balaban J connectivity index is 1.74. The first kappa shape index (κ1) is 21.4. The molecule has 2 aromatic rings. The molecular weight excluding hydrogens is 387 g/mol. The van der Waals surface area contributed by atoms with E-state index >= 15 is 0 Å². The van der Waals surface area contributed by atoms with Gasteiger partial charge in [0.05, 0.1) is 19.2 Å². The number of hydrogen-bond acceptors (Lipinski definition) is 4. The zero-order valence-corrected chi connectivity index (χ0v) is 17.1. The highest BCUT2D eigenvalue weighted by molar-refractivity contribution is 6.35. The lowest BCUT2D eigenvalue weighted by atomic mass is 10.1. The van der Waals surface area contributed by atoms with Crippen LogP contribution in [-0.2, 0) is 4.79 Å². The zero-order valence-electron chi connectivity index (χ0n) is 15.6. The molecule has 2 aromatic carbocycles. The van der Waals surface area contributed by atoms with E-state index < -0.39 is 0 Å². The van der Waals surface area contributed by atoms with Crippen LogP contribution in [0.25, 0.3) is 0 Å². The highest BCUT2D eigenvalue weighted by atomic mass is 35.5. The lowest BCUT2D eigenvalue weighted by Crippen LogP contribution is -2.44. The van der Waals surface area contributed by atoms with Crippen molar-refractivity contribution in [3.8, 4) is 11.5 Å². The smallest absolute Gasteiger partial charge is 0.237 e. The SMILES string of the molecule is COc1ccc(OCCNC(C)C(=O)NC(C)c2ccc(Cl)cc2Cl)cc1. The van der Waals surface area contributed by atoms with Gasteiger partial charge in [-0.05, 0) is 55.8 Å². The van der Waals surface area contributed by atoms with E-state index in [2.05, 4.69) is 10.6 Å². The second kappa shape index (κ2) is 10.4. The minimum absolute atomic E-state index is 0.113. The monoisotopic (exact) mass is 410 g/mol. The van der Waals surface area contributed by atoms with Gasteiger partial charge in [-0.15, -0.1) is 0 Å². The van der Waals surface area contributed by atoms with Crippen molar-refractivity contribution in [2.75, 3.05) is 20.3 Å². The van der Waals surface area contributed by atoms with E-state index in [1.807, 2.05) is 37.3 Å². The van der Waals surface area contributed by atoms with Gasteiger partial charge in [0.2, 0.25) is 5.91 Å². The molecule has 0 aliphatic heterocycles. The average Bonchev–Trinajstić information content (AvgIpc) is 2.65. The summed E-state index contributed by atoms with van der Waals surface area (Å²) < 4.78 is 10.7. The van der Waals surface area contributed by atoms with Crippen LogP contribution >= 0.6 is 23.2 Å². The lowest BCUT2D eigenvalue weighted by molar-refractivity contribution is -0.123. The summed E-state index contributed by atoms with van der Waals surface area (Å²) in [6.45, 7) is 4.67. The molecule has 146 valence electrons. The van der Waals surface area contributed by atoms with Gasteiger partial charge in [0.15, 0.2) is 0 Å². The standard InChI is InChI=1S/C20H24Cl2N2O3/c1-13(18-9-4-15(21)12-19(18)22)24-20(25)14(2)23-10-11-27-17-7-5-16(26-3)6-8-17/h4-9,12-14,23H,10-11H2,1-3H3,(H,24,25). The van der Waals surface area contributed by atoms with Crippen molar-refractivity contribution < 1.29 is 14.3 Å². The van der Waals surface area contributed by atoms with Gasteiger partial charge < -0.3 is 20.1 Å². The number of halogens is 2. The Hall–Kier alpha value is -1.95. The maximum Gasteiger partial charge on any atom is 0.237 e. The molecule has 5 nitrogen and oxygen atoms in total. The van der Waals surface area contributed by atoms with Crippen molar-refractivity contribution >= 4 is 29.1 Å². The molecule has 0 spiro atoms. The van der Waals surface area contributed by atoms with Crippen LogP contribution in [0.4, 0.5) is 0 Å². The van der Waals surface area contributed by atoms with Crippen molar-refractivity contribution in [2.24, 2.45) is 0 Å². The summed E-state index contributed by atoms with van der Waals surface area (Å²) in [5.74, 6) is 1.42. The largest absolute Gasteiger partial charge is 0.497 e. The van der Waals surface area contributed by atoms with Crippen molar-refractivity contribution in [3.63, 3.8) is 0 Å². The average molecular weight is 411 g/mol. The second-order valence-corrected chi connectivity index (χ2v) is 6.94. The maximum absolute atomic E-state index is 12.3. The molecule has 0 aliphatic rings. The molecule has 2 unspecified atom stereocenters. The van der Waals surface area contributed by atoms with Crippen LogP contribution < -0.4 is 20.1 Å². The van der Waals surface area contributed by atoms with E-state index in [1.165, 1.54) is 0 Å². The molecule has 0 aromatic heterocycles. The Morgan fingerprint density at radius 3 is 2.37 bits per heavy atom. The third-order valence-corrected chi connectivity index (χ3v) is 4.62. The molecule has 1 amide bonds. The van der Waals surface area contributed by atoms with E-state index in [-0.39, 0.29) is 18.0 Å². The number of ether oxygens (including phenoxy) is 2. The number of amides is 1. The number of nitrogens with one attached hydrogen (secondary N) is 2. The molecule has 0 aliphatic carbocycles. The minimum atomic E-state index is -0.363. The third-order valence-electron chi connectivity index (χ3n) is 4.06. The fourth-order valence-electron chi connectivity index (χ4n) is 2.48. The zero-order chi connectivity index (χ0) is 19.8. The molecule has 2 rings (SSSR count).